The summed E-state index contributed by atoms with van der Waals surface area (Å²) in [6.07, 6.45) is 2.94. The quantitative estimate of drug-likeness (QED) is 0.0321. The molecule has 1 fully saturated rings. The molecular formula is C68H105N11O15. The van der Waals surface area contributed by atoms with Crippen molar-refractivity contribution in [2.75, 3.05) is 53.3 Å². The number of ether oxygens (including phenoxy) is 3. The summed E-state index contributed by atoms with van der Waals surface area (Å²) < 4.78 is 17.7. The highest BCUT2D eigenvalue weighted by atomic mass is 16.6. The Labute approximate surface area is 554 Å². The maximum Gasteiger partial charge on any atom is 0.410 e. The lowest BCUT2D eigenvalue weighted by Crippen LogP contribution is -2.60. The average Bonchev–Trinajstić information content (AvgIpc) is 1.33. The normalized spacial score (nSPS) is 17.4. The Bertz CT molecular complexity index is 2880. The SMILES string of the molecule is CC[C@H](C)[C@@H](C(CC(=O)N1CCC[C@H]1[C@H](OC)[C@@H](C)C(=O)N[C@H](C)[C@@H](O)c1ccccc1)OC)N(C)C(=O)[C@@H](NC(=O)C(C(C)C)N(C)C(=O)OCc1ccc(NC(=O)[C@H](CCCNC(N)=O)NC(=O)[C@H](NC(=O)CCCCCN2C(=O)C=CC2=O)C(C)C)cc1)C(C)C. The number of unbranched alkanes of at least 4 members (excludes halogenated alkanes) is 2. The van der Waals surface area contributed by atoms with E-state index in [4.69, 9.17) is 19.9 Å². The Balaban J connectivity index is 1.37. The van der Waals surface area contributed by atoms with Gasteiger partial charge in [-0.05, 0) is 92.4 Å². The lowest BCUT2D eigenvalue weighted by molar-refractivity contribution is -0.148. The third kappa shape index (κ3) is 22.9. The molecule has 522 valence electrons. The molecule has 0 saturated carbocycles. The van der Waals surface area contributed by atoms with E-state index in [0.717, 1.165) is 4.90 Å². The highest BCUT2D eigenvalue weighted by molar-refractivity contribution is 6.12. The molecule has 2 aromatic rings. The maximum absolute atomic E-state index is 14.8. The van der Waals surface area contributed by atoms with Crippen molar-refractivity contribution in [2.45, 2.75) is 201 Å². The molecule has 2 aliphatic heterocycles. The number of primary amides is 1. The predicted molar refractivity (Wildman–Crippen MR) is 353 cm³/mol. The fraction of sp³-hybridized carbons (Fsp3) is 0.632. The van der Waals surface area contributed by atoms with Crippen LogP contribution in [0.3, 0.4) is 0 Å². The van der Waals surface area contributed by atoms with Crippen molar-refractivity contribution in [1.29, 1.82) is 0 Å². The molecule has 2 aliphatic rings. The summed E-state index contributed by atoms with van der Waals surface area (Å²) in [5.74, 6) is -6.02. The Morgan fingerprint density at radius 2 is 1.35 bits per heavy atom. The van der Waals surface area contributed by atoms with Gasteiger partial charge in [-0.25, -0.2) is 9.59 Å². The number of urea groups is 1. The van der Waals surface area contributed by atoms with Crippen molar-refractivity contribution in [3.8, 4) is 0 Å². The number of likely N-dealkylation sites (tertiary alicyclic amines) is 1. The number of aliphatic hydroxyl groups is 1. The van der Waals surface area contributed by atoms with Gasteiger partial charge in [-0.15, -0.1) is 0 Å². The molecule has 2 aromatic carbocycles. The number of anilines is 1. The lowest BCUT2D eigenvalue weighted by atomic mass is 9.89. The molecule has 2 heterocycles. The summed E-state index contributed by atoms with van der Waals surface area (Å²) in [6, 6.07) is 8.74. The van der Waals surface area contributed by atoms with Crippen molar-refractivity contribution < 1.29 is 72.1 Å². The highest BCUT2D eigenvalue weighted by Gasteiger charge is 2.44. The molecule has 0 spiro atoms. The zero-order valence-corrected chi connectivity index (χ0v) is 57.4. The topological polar surface area (TPSA) is 347 Å². The first kappa shape index (κ1) is 78.5. The smallest absolute Gasteiger partial charge is 0.410 e. The molecule has 1 saturated heterocycles. The number of aliphatic hydroxyl groups excluding tert-OH is 1. The predicted octanol–water partition coefficient (Wildman–Crippen LogP) is 5.08. The summed E-state index contributed by atoms with van der Waals surface area (Å²) in [5.41, 5.74) is 6.77. The second kappa shape index (κ2) is 38.4. The Kier molecular flexibility index (Phi) is 32.1. The molecule has 0 radical (unpaired) electrons. The Hall–Kier alpha value is -7.97. The number of nitrogens with two attached hydrogens (primary N) is 1. The van der Waals surface area contributed by atoms with E-state index in [1.165, 1.54) is 38.3 Å². The van der Waals surface area contributed by atoms with Crippen molar-refractivity contribution in [3.63, 3.8) is 0 Å². The molecule has 0 aromatic heterocycles. The number of imide groups is 1. The van der Waals surface area contributed by atoms with Gasteiger partial charge < -0.3 is 66.8 Å². The number of carbonyl (C=O) groups excluding carboxylic acids is 11. The van der Waals surface area contributed by atoms with E-state index in [-0.39, 0.29) is 86.8 Å². The number of likely N-dealkylation sites (N-methyl/N-ethyl adjacent to an activating group) is 2. The van der Waals surface area contributed by atoms with Crippen molar-refractivity contribution in [3.05, 3.63) is 77.9 Å². The minimum absolute atomic E-state index is 0.0841. The number of methoxy groups -OCH3 is 2. The van der Waals surface area contributed by atoms with Crippen LogP contribution in [0.5, 0.6) is 0 Å². The van der Waals surface area contributed by atoms with Crippen LogP contribution in [0.25, 0.3) is 0 Å². The minimum atomic E-state index is -1.11. The summed E-state index contributed by atoms with van der Waals surface area (Å²) in [5, 5.41) is 27.6. The summed E-state index contributed by atoms with van der Waals surface area (Å²) in [6.45, 7) is 18.6. The fourth-order valence-electron chi connectivity index (χ4n) is 12.1. The third-order valence-corrected chi connectivity index (χ3v) is 17.7. The molecule has 12 amide bonds. The van der Waals surface area contributed by atoms with Crippen LogP contribution in [0, 0.1) is 29.6 Å². The first-order valence-electron chi connectivity index (χ1n) is 32.9. The number of carbonyl (C=O) groups is 11. The number of amides is 12. The molecule has 12 atom stereocenters. The third-order valence-electron chi connectivity index (χ3n) is 17.7. The van der Waals surface area contributed by atoms with Crippen LogP contribution < -0.4 is 37.6 Å². The lowest BCUT2D eigenvalue weighted by Gasteiger charge is -2.41. The largest absolute Gasteiger partial charge is 0.445 e. The van der Waals surface area contributed by atoms with Gasteiger partial charge in [0.2, 0.25) is 41.4 Å². The van der Waals surface area contributed by atoms with Gasteiger partial charge in [0, 0.05) is 72.2 Å². The van der Waals surface area contributed by atoms with Crippen molar-refractivity contribution in [1.82, 2.24) is 46.2 Å². The number of rotatable bonds is 38. The standard InChI is InChI=1S/C68H105N11O15/c1-15-43(8)59(51(92-13)38-55(83)78-37-23-27-50(78)61(93-14)44(9)62(85)71-45(10)60(84)47-24-18-16-19-25-47)76(11)66(89)57(41(4)5)75-65(88)58(42(6)7)77(12)68(91)94-39-46-29-31-48(32-30-46)72-63(86)49(26-22-35-70-67(69)90)73-64(87)56(40(2)3)74-52(80)28-20-17-21-36-79-53(81)33-34-54(79)82/h16,18-19,24-25,29-34,40-45,49-51,56-61,84H,15,17,20-23,26-28,35-39H2,1-14H3,(H,71,85)(H,72,86)(H,73,87)(H,74,80)(H,75,88)(H3,69,70,90)/t43-,44+,45+,49-,50-,51?,56+,57-,58?,59-,60+,61+/m0/s1. The number of hydrogen-bond acceptors (Lipinski definition) is 15. The summed E-state index contributed by atoms with van der Waals surface area (Å²) >= 11 is 0. The number of benzene rings is 2. The number of hydrogen-bond donors (Lipinski definition) is 8. The van der Waals surface area contributed by atoms with E-state index in [1.54, 1.807) is 109 Å². The molecule has 4 rings (SSSR count). The zero-order chi connectivity index (χ0) is 70.1. The van der Waals surface area contributed by atoms with Crippen molar-refractivity contribution in [2.24, 2.45) is 35.3 Å². The molecule has 2 unspecified atom stereocenters. The van der Waals surface area contributed by atoms with Gasteiger partial charge in [-0.3, -0.25) is 53.0 Å². The van der Waals surface area contributed by atoms with Gasteiger partial charge in [0.15, 0.2) is 0 Å². The van der Waals surface area contributed by atoms with Gasteiger partial charge >= 0.3 is 12.1 Å². The minimum Gasteiger partial charge on any atom is -0.445 e. The van der Waals surface area contributed by atoms with Crippen LogP contribution in [0.1, 0.15) is 151 Å². The van der Waals surface area contributed by atoms with E-state index in [0.29, 0.717) is 61.9 Å². The van der Waals surface area contributed by atoms with Gasteiger partial charge in [-0.1, -0.05) is 118 Å². The highest BCUT2D eigenvalue weighted by Crippen LogP contribution is 2.31. The van der Waals surface area contributed by atoms with E-state index < -0.39 is 114 Å². The molecule has 26 heteroatoms. The van der Waals surface area contributed by atoms with Crippen LogP contribution in [-0.2, 0) is 64.0 Å². The first-order chi connectivity index (χ1) is 44.5. The zero-order valence-electron chi connectivity index (χ0n) is 57.4. The molecule has 94 heavy (non-hydrogen) atoms. The fourth-order valence-corrected chi connectivity index (χ4v) is 12.1. The van der Waals surface area contributed by atoms with Crippen LogP contribution >= 0.6 is 0 Å². The van der Waals surface area contributed by atoms with E-state index >= 15 is 0 Å². The second-order valence-corrected chi connectivity index (χ2v) is 25.8. The second-order valence-electron chi connectivity index (χ2n) is 25.8. The Morgan fingerprint density at radius 1 is 0.713 bits per heavy atom. The van der Waals surface area contributed by atoms with Crippen LogP contribution in [0.2, 0.25) is 0 Å². The first-order valence-corrected chi connectivity index (χ1v) is 32.9. The van der Waals surface area contributed by atoms with Crippen LogP contribution in [0.15, 0.2) is 66.7 Å². The molecule has 0 bridgehead atoms. The summed E-state index contributed by atoms with van der Waals surface area (Å²) in [7, 11) is 6.08. The summed E-state index contributed by atoms with van der Waals surface area (Å²) in [4.78, 5) is 152. The van der Waals surface area contributed by atoms with Crippen molar-refractivity contribution >= 4 is 71.0 Å². The average molecular weight is 1320 g/mol. The maximum atomic E-state index is 14.8. The Morgan fingerprint density at radius 3 is 1.93 bits per heavy atom. The molecular weight excluding hydrogens is 1210 g/mol. The molecule has 9 N–H and O–H groups in total. The monoisotopic (exact) mass is 1320 g/mol. The molecule has 26 nitrogen and oxygen atoms in total. The number of nitrogens with one attached hydrogen (secondary N) is 6. The van der Waals surface area contributed by atoms with Crippen LogP contribution in [0.4, 0.5) is 15.3 Å². The van der Waals surface area contributed by atoms with Gasteiger partial charge in [0.05, 0.1) is 48.8 Å². The van der Waals surface area contributed by atoms with Gasteiger partial charge in [-0.2, -0.15) is 0 Å². The van der Waals surface area contributed by atoms with Gasteiger partial charge in [0.1, 0.15) is 30.8 Å². The molecule has 0 aliphatic carbocycles. The van der Waals surface area contributed by atoms with Gasteiger partial charge in [0.25, 0.3) is 11.8 Å². The van der Waals surface area contributed by atoms with Crippen LogP contribution in [-0.4, -0.2) is 192 Å². The van der Waals surface area contributed by atoms with E-state index in [9.17, 15) is 57.8 Å². The van der Waals surface area contributed by atoms with E-state index in [2.05, 4.69) is 31.9 Å². The van der Waals surface area contributed by atoms with E-state index in [1.807, 2.05) is 32.0 Å². The number of nitrogens with zero attached hydrogens (tertiary/aromatic N) is 4.